The average molecular weight is 268 g/mol. The summed E-state index contributed by atoms with van der Waals surface area (Å²) in [6.45, 7) is 6.99. The van der Waals surface area contributed by atoms with Crippen molar-refractivity contribution in [3.63, 3.8) is 0 Å². The van der Waals surface area contributed by atoms with Crippen LogP contribution >= 0.6 is 0 Å². The van der Waals surface area contributed by atoms with Crippen LogP contribution in [0.4, 0.5) is 13.2 Å². The van der Waals surface area contributed by atoms with Gasteiger partial charge in [0.25, 0.3) is 0 Å². The van der Waals surface area contributed by atoms with Crippen molar-refractivity contribution in [2.45, 2.75) is 46.2 Å². The van der Waals surface area contributed by atoms with Crippen LogP contribution in [0.1, 0.15) is 40.0 Å². The number of halogens is 3. The van der Waals surface area contributed by atoms with Crippen LogP contribution in [-0.2, 0) is 0 Å². The Bertz CT molecular complexity index is 211. The number of nitrogens with zero attached hydrogens (tertiary/aromatic N) is 1. The molecule has 0 aliphatic heterocycles. The Morgan fingerprint density at radius 1 is 1.06 bits per heavy atom. The smallest absolute Gasteiger partial charge is 0.319 e. The van der Waals surface area contributed by atoms with E-state index in [4.69, 9.17) is 0 Å². The third-order valence-electron chi connectivity index (χ3n) is 3.01. The maximum atomic E-state index is 12.5. The Labute approximate surface area is 109 Å². The van der Waals surface area contributed by atoms with E-state index in [1.807, 2.05) is 14.0 Å². The number of hydrogen-bond acceptors (Lipinski definition) is 2. The molecule has 2 nitrogen and oxygen atoms in total. The predicted octanol–water partition coefficient (Wildman–Crippen LogP) is 3.29. The molecule has 5 heteroatoms. The molecule has 0 aromatic rings. The molecule has 0 heterocycles. The second-order valence-electron chi connectivity index (χ2n) is 5.42. The van der Waals surface area contributed by atoms with E-state index in [-0.39, 0.29) is 5.41 Å². The molecule has 0 spiro atoms. The zero-order valence-corrected chi connectivity index (χ0v) is 12.0. The Hall–Kier alpha value is -0.290. The highest BCUT2D eigenvalue weighted by Gasteiger charge is 2.33. The molecule has 0 saturated carbocycles. The first-order valence-electron chi connectivity index (χ1n) is 6.70. The van der Waals surface area contributed by atoms with E-state index < -0.39 is 12.7 Å². The summed E-state index contributed by atoms with van der Waals surface area (Å²) in [6, 6.07) is 0. The fourth-order valence-electron chi connectivity index (χ4n) is 2.58. The molecule has 0 saturated heterocycles. The minimum absolute atomic E-state index is 0.0933. The molecule has 0 amide bonds. The zero-order chi connectivity index (χ0) is 14.2. The predicted molar refractivity (Wildman–Crippen MR) is 69.7 cm³/mol. The van der Waals surface area contributed by atoms with Gasteiger partial charge in [0, 0.05) is 13.1 Å². The molecule has 1 atom stereocenters. The maximum absolute atomic E-state index is 12.5. The van der Waals surface area contributed by atoms with Gasteiger partial charge in [-0.1, -0.05) is 27.2 Å². The lowest BCUT2D eigenvalue weighted by Crippen LogP contribution is -2.45. The Morgan fingerprint density at radius 2 is 1.67 bits per heavy atom. The summed E-state index contributed by atoms with van der Waals surface area (Å²) < 4.78 is 37.6. The summed E-state index contributed by atoms with van der Waals surface area (Å²) in [7, 11) is 1.85. The quantitative estimate of drug-likeness (QED) is 0.690. The monoisotopic (exact) mass is 268 g/mol. The van der Waals surface area contributed by atoms with Gasteiger partial charge in [-0.05, 0) is 31.8 Å². The Morgan fingerprint density at radius 3 is 2.06 bits per heavy atom. The van der Waals surface area contributed by atoms with Crippen LogP contribution in [-0.4, -0.2) is 44.3 Å². The van der Waals surface area contributed by atoms with Crippen molar-refractivity contribution in [2.75, 3.05) is 33.2 Å². The van der Waals surface area contributed by atoms with Crippen LogP contribution in [0.3, 0.4) is 0 Å². The number of alkyl halides is 3. The maximum Gasteiger partial charge on any atom is 0.401 e. The third kappa shape index (κ3) is 7.93. The normalized spacial score (nSPS) is 16.0. The van der Waals surface area contributed by atoms with Gasteiger partial charge in [0.05, 0.1) is 6.54 Å². The highest BCUT2D eigenvalue weighted by molar-refractivity contribution is 4.81. The topological polar surface area (TPSA) is 15.3 Å². The molecule has 0 aliphatic carbocycles. The number of hydrogen-bond donors (Lipinski definition) is 1. The summed E-state index contributed by atoms with van der Waals surface area (Å²) in [5.41, 5.74) is -0.0933. The van der Waals surface area contributed by atoms with Crippen molar-refractivity contribution < 1.29 is 13.2 Å². The van der Waals surface area contributed by atoms with E-state index in [0.29, 0.717) is 13.1 Å². The fraction of sp³-hybridized carbons (Fsp3) is 1.00. The van der Waals surface area contributed by atoms with E-state index >= 15 is 0 Å². The van der Waals surface area contributed by atoms with Gasteiger partial charge in [0.2, 0.25) is 0 Å². The molecule has 0 rings (SSSR count). The summed E-state index contributed by atoms with van der Waals surface area (Å²) in [5.74, 6) is 0. The molecule has 0 aromatic carbocycles. The van der Waals surface area contributed by atoms with E-state index in [2.05, 4.69) is 19.2 Å². The first-order chi connectivity index (χ1) is 8.26. The number of rotatable bonds is 9. The average Bonchev–Trinajstić information content (AvgIpc) is 2.15. The minimum Gasteiger partial charge on any atom is -0.319 e. The van der Waals surface area contributed by atoms with Crippen molar-refractivity contribution in [1.29, 1.82) is 0 Å². The minimum atomic E-state index is -4.11. The molecule has 0 fully saturated rings. The molecule has 0 radical (unpaired) electrons. The SMILES string of the molecule is CCCN(CC(F)(F)F)CC(C)(CCC)CNC. The Kier molecular flexibility index (Phi) is 7.87. The summed E-state index contributed by atoms with van der Waals surface area (Å²) in [5, 5.41) is 3.10. The Balaban J connectivity index is 4.59. The van der Waals surface area contributed by atoms with Crippen molar-refractivity contribution in [1.82, 2.24) is 10.2 Å². The highest BCUT2D eigenvalue weighted by Crippen LogP contribution is 2.26. The fourth-order valence-corrected chi connectivity index (χ4v) is 2.58. The van der Waals surface area contributed by atoms with Gasteiger partial charge in [-0.3, -0.25) is 4.90 Å². The second-order valence-corrected chi connectivity index (χ2v) is 5.42. The van der Waals surface area contributed by atoms with Crippen molar-refractivity contribution in [3.8, 4) is 0 Å². The van der Waals surface area contributed by atoms with Crippen LogP contribution in [0.25, 0.3) is 0 Å². The van der Waals surface area contributed by atoms with Gasteiger partial charge in [-0.15, -0.1) is 0 Å². The highest BCUT2D eigenvalue weighted by atomic mass is 19.4. The van der Waals surface area contributed by atoms with Gasteiger partial charge >= 0.3 is 6.18 Å². The van der Waals surface area contributed by atoms with Crippen LogP contribution in [0.5, 0.6) is 0 Å². The summed E-state index contributed by atoms with van der Waals surface area (Å²) in [4.78, 5) is 1.53. The second kappa shape index (κ2) is 8.00. The molecule has 110 valence electrons. The lowest BCUT2D eigenvalue weighted by atomic mass is 9.84. The van der Waals surface area contributed by atoms with Gasteiger partial charge in [0.15, 0.2) is 0 Å². The van der Waals surface area contributed by atoms with Crippen LogP contribution in [0.15, 0.2) is 0 Å². The number of nitrogens with one attached hydrogen (secondary N) is 1. The first kappa shape index (κ1) is 17.7. The van der Waals surface area contributed by atoms with Crippen LogP contribution in [0.2, 0.25) is 0 Å². The molecule has 1 unspecified atom stereocenters. The van der Waals surface area contributed by atoms with Crippen LogP contribution in [0, 0.1) is 5.41 Å². The largest absolute Gasteiger partial charge is 0.401 e. The van der Waals surface area contributed by atoms with E-state index in [9.17, 15) is 13.2 Å². The van der Waals surface area contributed by atoms with Crippen molar-refractivity contribution in [3.05, 3.63) is 0 Å². The van der Waals surface area contributed by atoms with E-state index in [1.165, 1.54) is 4.90 Å². The zero-order valence-electron chi connectivity index (χ0n) is 12.0. The molecular formula is C13H27F3N2. The molecule has 18 heavy (non-hydrogen) atoms. The van der Waals surface area contributed by atoms with E-state index in [1.54, 1.807) is 0 Å². The molecule has 0 aromatic heterocycles. The lowest BCUT2D eigenvalue weighted by Gasteiger charge is -2.35. The van der Waals surface area contributed by atoms with E-state index in [0.717, 1.165) is 25.8 Å². The standard InChI is InChI=1S/C13H27F3N2/c1-5-7-12(3,9-17-4)10-18(8-6-2)11-13(14,15)16/h17H,5-11H2,1-4H3. The lowest BCUT2D eigenvalue weighted by molar-refractivity contribution is -0.149. The van der Waals surface area contributed by atoms with Gasteiger partial charge in [0.1, 0.15) is 0 Å². The third-order valence-corrected chi connectivity index (χ3v) is 3.01. The van der Waals surface area contributed by atoms with Gasteiger partial charge in [-0.2, -0.15) is 13.2 Å². The van der Waals surface area contributed by atoms with Crippen molar-refractivity contribution in [2.24, 2.45) is 5.41 Å². The molecule has 0 aliphatic rings. The van der Waals surface area contributed by atoms with Crippen LogP contribution < -0.4 is 5.32 Å². The molecule has 0 bridgehead atoms. The summed E-state index contributed by atoms with van der Waals surface area (Å²) >= 11 is 0. The summed E-state index contributed by atoms with van der Waals surface area (Å²) in [6.07, 6.45) is -1.43. The molecule has 1 N–H and O–H groups in total. The van der Waals surface area contributed by atoms with Crippen molar-refractivity contribution >= 4 is 0 Å². The van der Waals surface area contributed by atoms with Gasteiger partial charge in [-0.25, -0.2) is 0 Å². The molecular weight excluding hydrogens is 241 g/mol. The van der Waals surface area contributed by atoms with Gasteiger partial charge < -0.3 is 5.32 Å². The first-order valence-corrected chi connectivity index (χ1v) is 6.70.